The van der Waals surface area contributed by atoms with Crippen molar-refractivity contribution in [3.8, 4) is 0 Å². The van der Waals surface area contributed by atoms with E-state index in [4.69, 9.17) is 16.3 Å². The fourth-order valence-electron chi connectivity index (χ4n) is 6.53. The van der Waals surface area contributed by atoms with Crippen molar-refractivity contribution in [1.82, 2.24) is 15.5 Å². The standard InChI is InChI=1S/C31H40ClF3N4O5/c1-4-44-30(43)24(33)15-21(13-18-10-11-36-27(18)40)38-28(41)26-23-9-8-22(16-31(23,34)35)39(26)29(42)25(12-17(2)3)37-20-7-5-6-19(32)14-20/h5-7,14-15,17-18,21-23,25-26,37H,4,8-13,16H2,1-3H3,(H,36,40)(H,38,41)/b24-15+/t18-,21-,22-,23-,25-,26-/m0/s1. The first-order valence-electron chi connectivity index (χ1n) is 15.1. The molecular formula is C31H40ClF3N4O5. The molecule has 5 rings (SSSR count). The van der Waals surface area contributed by atoms with Gasteiger partial charge in [-0.05, 0) is 69.2 Å². The number of halogens is 4. The van der Waals surface area contributed by atoms with Crippen LogP contribution < -0.4 is 16.0 Å². The van der Waals surface area contributed by atoms with E-state index in [0.29, 0.717) is 36.5 Å². The van der Waals surface area contributed by atoms with Crippen LogP contribution in [-0.4, -0.2) is 71.8 Å². The fraction of sp³-hybridized carbons (Fsp3) is 0.613. The predicted molar refractivity (Wildman–Crippen MR) is 159 cm³/mol. The lowest BCUT2D eigenvalue weighted by Crippen LogP contribution is -2.70. The summed E-state index contributed by atoms with van der Waals surface area (Å²) in [6.45, 7) is 5.67. The van der Waals surface area contributed by atoms with Crippen LogP contribution in [0.25, 0.3) is 0 Å². The van der Waals surface area contributed by atoms with Gasteiger partial charge in [-0.15, -0.1) is 0 Å². The molecule has 3 heterocycles. The van der Waals surface area contributed by atoms with E-state index >= 15 is 8.78 Å². The van der Waals surface area contributed by atoms with E-state index in [9.17, 15) is 23.6 Å². The summed E-state index contributed by atoms with van der Waals surface area (Å²) in [7, 11) is 0. The molecule has 3 aliphatic heterocycles. The lowest BCUT2D eigenvalue weighted by Gasteiger charge is -2.54. The summed E-state index contributed by atoms with van der Waals surface area (Å²) in [5.41, 5.74) is 0.569. The first kappa shape index (κ1) is 33.6. The predicted octanol–water partition coefficient (Wildman–Crippen LogP) is 4.61. The Balaban J connectivity index is 1.65. The molecule has 1 aliphatic carbocycles. The third-order valence-corrected chi connectivity index (χ3v) is 8.71. The van der Waals surface area contributed by atoms with Gasteiger partial charge in [-0.2, -0.15) is 4.39 Å². The maximum atomic E-state index is 15.3. The molecule has 4 fully saturated rings. The van der Waals surface area contributed by atoms with Crippen molar-refractivity contribution < 1.29 is 37.1 Å². The molecule has 2 bridgehead atoms. The number of alkyl halides is 2. The average molecular weight is 641 g/mol. The number of amides is 3. The summed E-state index contributed by atoms with van der Waals surface area (Å²) in [5.74, 6) is -9.42. The number of nitrogens with zero attached hydrogens (tertiary/aromatic N) is 1. The maximum absolute atomic E-state index is 15.3. The SMILES string of the molecule is CCOC(=O)/C(F)=C\[C@H](C[C@@H]1CCNC1=O)NC(=O)[C@@H]1[C@@H]2CC[C@@H](CC2(F)F)N1C(=O)[C@H](CC(C)C)Nc1cccc(Cl)c1. The summed E-state index contributed by atoms with van der Waals surface area (Å²) in [6.07, 6.45) is 1.32. The largest absolute Gasteiger partial charge is 0.461 e. The first-order chi connectivity index (χ1) is 20.8. The van der Waals surface area contributed by atoms with Crippen molar-refractivity contribution in [1.29, 1.82) is 0 Å². The molecule has 9 nitrogen and oxygen atoms in total. The van der Waals surface area contributed by atoms with Crippen LogP contribution in [0.2, 0.25) is 5.02 Å². The number of piperidine rings is 2. The summed E-state index contributed by atoms with van der Waals surface area (Å²) in [5, 5.41) is 8.90. The Bertz CT molecular complexity index is 1280. The number of rotatable bonds is 12. The van der Waals surface area contributed by atoms with Crippen LogP contribution in [0.3, 0.4) is 0 Å². The molecule has 1 aromatic carbocycles. The highest BCUT2D eigenvalue weighted by Gasteiger charge is 2.61. The Hall–Kier alpha value is -3.28. The number of carbonyl (C=O) groups is 4. The van der Waals surface area contributed by atoms with Crippen molar-refractivity contribution in [2.24, 2.45) is 17.8 Å². The van der Waals surface area contributed by atoms with E-state index in [2.05, 4.69) is 16.0 Å². The zero-order valence-corrected chi connectivity index (χ0v) is 25.8. The molecule has 1 saturated carbocycles. The van der Waals surface area contributed by atoms with E-state index in [1.54, 1.807) is 24.3 Å². The summed E-state index contributed by atoms with van der Waals surface area (Å²) in [6, 6.07) is 2.33. The Kier molecular flexibility index (Phi) is 10.9. The number of ether oxygens (including phenoxy) is 1. The van der Waals surface area contributed by atoms with Gasteiger partial charge in [0, 0.05) is 35.6 Å². The van der Waals surface area contributed by atoms with Crippen molar-refractivity contribution >= 4 is 41.0 Å². The van der Waals surface area contributed by atoms with E-state index < -0.39 is 72.0 Å². The van der Waals surface area contributed by atoms with Gasteiger partial charge < -0.3 is 25.6 Å². The van der Waals surface area contributed by atoms with Crippen molar-refractivity contribution in [2.75, 3.05) is 18.5 Å². The number of hydrogen-bond donors (Lipinski definition) is 3. The van der Waals surface area contributed by atoms with E-state index in [-0.39, 0.29) is 31.3 Å². The molecule has 3 N–H and O–H groups in total. The number of fused-ring (bicyclic) bond motifs is 3. The second-order valence-electron chi connectivity index (χ2n) is 12.2. The molecule has 13 heteroatoms. The number of hydrogen-bond acceptors (Lipinski definition) is 6. The minimum absolute atomic E-state index is 0.0266. The molecule has 0 radical (unpaired) electrons. The highest BCUT2D eigenvalue weighted by atomic mass is 35.5. The first-order valence-corrected chi connectivity index (χ1v) is 15.5. The highest BCUT2D eigenvalue weighted by Crippen LogP contribution is 2.49. The lowest BCUT2D eigenvalue weighted by molar-refractivity contribution is -0.194. The van der Waals surface area contributed by atoms with Gasteiger partial charge in [0.2, 0.25) is 23.5 Å². The molecule has 4 aliphatic rings. The molecule has 3 amide bonds. The zero-order chi connectivity index (χ0) is 32.2. The fourth-order valence-corrected chi connectivity index (χ4v) is 6.72. The molecule has 0 unspecified atom stereocenters. The Morgan fingerprint density at radius 3 is 2.59 bits per heavy atom. The molecule has 3 saturated heterocycles. The third-order valence-electron chi connectivity index (χ3n) is 8.48. The molecular weight excluding hydrogens is 601 g/mol. The quantitative estimate of drug-likeness (QED) is 0.227. The van der Waals surface area contributed by atoms with Crippen LogP contribution in [0.1, 0.15) is 59.3 Å². The van der Waals surface area contributed by atoms with Gasteiger partial charge in [0.25, 0.3) is 5.92 Å². The van der Waals surface area contributed by atoms with Crippen molar-refractivity contribution in [3.63, 3.8) is 0 Å². The van der Waals surface area contributed by atoms with Gasteiger partial charge >= 0.3 is 5.97 Å². The summed E-state index contributed by atoms with van der Waals surface area (Å²) >= 11 is 6.14. The van der Waals surface area contributed by atoms with Crippen LogP contribution in [0.4, 0.5) is 18.9 Å². The van der Waals surface area contributed by atoms with Crippen LogP contribution >= 0.6 is 11.6 Å². The monoisotopic (exact) mass is 640 g/mol. The minimum atomic E-state index is -3.21. The van der Waals surface area contributed by atoms with Gasteiger partial charge in [-0.1, -0.05) is 31.5 Å². The van der Waals surface area contributed by atoms with Crippen molar-refractivity contribution in [3.05, 3.63) is 41.2 Å². The van der Waals surface area contributed by atoms with E-state index in [1.807, 2.05) is 13.8 Å². The Morgan fingerprint density at radius 1 is 1.23 bits per heavy atom. The highest BCUT2D eigenvalue weighted by molar-refractivity contribution is 6.30. The van der Waals surface area contributed by atoms with Gasteiger partial charge in [0.05, 0.1) is 18.6 Å². The van der Waals surface area contributed by atoms with Gasteiger partial charge in [0.1, 0.15) is 12.1 Å². The lowest BCUT2D eigenvalue weighted by atomic mass is 9.71. The summed E-state index contributed by atoms with van der Waals surface area (Å²) < 4.78 is 50.1. The van der Waals surface area contributed by atoms with E-state index in [1.165, 1.54) is 11.8 Å². The number of carbonyl (C=O) groups excluding carboxylic acids is 4. The zero-order valence-electron chi connectivity index (χ0n) is 25.1. The number of anilines is 1. The molecule has 0 aromatic heterocycles. The number of nitrogens with one attached hydrogen (secondary N) is 3. The van der Waals surface area contributed by atoms with Crippen molar-refractivity contribution in [2.45, 2.75) is 89.4 Å². The average Bonchev–Trinajstić information content (AvgIpc) is 3.35. The second kappa shape index (κ2) is 14.2. The minimum Gasteiger partial charge on any atom is -0.461 e. The Labute approximate surface area is 260 Å². The number of esters is 1. The molecule has 44 heavy (non-hydrogen) atoms. The molecule has 6 atom stereocenters. The number of benzene rings is 1. The topological polar surface area (TPSA) is 117 Å². The van der Waals surface area contributed by atoms with Gasteiger partial charge in [-0.3, -0.25) is 14.4 Å². The van der Waals surface area contributed by atoms with Crippen LogP contribution in [0.15, 0.2) is 36.2 Å². The van der Waals surface area contributed by atoms with Crippen LogP contribution in [0.5, 0.6) is 0 Å². The summed E-state index contributed by atoms with van der Waals surface area (Å²) in [4.78, 5) is 53.7. The Morgan fingerprint density at radius 2 is 1.98 bits per heavy atom. The molecule has 1 aromatic rings. The maximum Gasteiger partial charge on any atom is 0.366 e. The molecule has 242 valence electrons. The van der Waals surface area contributed by atoms with Gasteiger partial charge in [0.15, 0.2) is 0 Å². The van der Waals surface area contributed by atoms with Crippen LogP contribution in [-0.2, 0) is 23.9 Å². The second-order valence-corrected chi connectivity index (χ2v) is 12.6. The smallest absolute Gasteiger partial charge is 0.366 e. The molecule has 0 spiro atoms. The third kappa shape index (κ3) is 7.86. The van der Waals surface area contributed by atoms with Crippen LogP contribution in [0, 0.1) is 17.8 Å². The van der Waals surface area contributed by atoms with Gasteiger partial charge in [-0.25, -0.2) is 13.6 Å². The van der Waals surface area contributed by atoms with E-state index in [0.717, 1.165) is 6.08 Å². The normalized spacial score (nSPS) is 25.8.